The van der Waals surface area contributed by atoms with Crippen LogP contribution >= 0.6 is 11.8 Å². The first-order valence-electron chi connectivity index (χ1n) is 7.38. The molecule has 0 fully saturated rings. The lowest BCUT2D eigenvalue weighted by Crippen LogP contribution is -2.49. The lowest BCUT2D eigenvalue weighted by Gasteiger charge is -2.31. The van der Waals surface area contributed by atoms with Crippen LogP contribution in [0, 0.1) is 6.92 Å². The highest BCUT2D eigenvalue weighted by Gasteiger charge is 2.22. The van der Waals surface area contributed by atoms with Gasteiger partial charge in [0.15, 0.2) is 0 Å². The molecule has 0 spiro atoms. The molecule has 0 aliphatic heterocycles. The molecule has 1 heterocycles. The number of nitrogens with zero attached hydrogens (tertiary/aromatic N) is 2. The van der Waals surface area contributed by atoms with Crippen LogP contribution in [0.15, 0.2) is 11.1 Å². The van der Waals surface area contributed by atoms with Crippen molar-refractivity contribution in [2.75, 3.05) is 12.4 Å². The van der Waals surface area contributed by atoms with Crippen LogP contribution in [0.3, 0.4) is 0 Å². The zero-order chi connectivity index (χ0) is 15.2. The molecular formula is C15H29N3OS. The second-order valence-corrected chi connectivity index (χ2v) is 7.19. The maximum absolute atomic E-state index is 9.53. The first-order valence-corrected chi connectivity index (χ1v) is 8.37. The molecule has 116 valence electrons. The van der Waals surface area contributed by atoms with Gasteiger partial charge in [-0.2, -0.15) is 5.10 Å². The number of hydrogen-bond acceptors (Lipinski definition) is 4. The smallest absolute Gasteiger partial charge is 0.0939 e. The van der Waals surface area contributed by atoms with E-state index in [0.717, 1.165) is 30.7 Å². The summed E-state index contributed by atoms with van der Waals surface area (Å²) in [6.45, 7) is 8.56. The van der Waals surface area contributed by atoms with Crippen LogP contribution in [-0.4, -0.2) is 38.8 Å². The number of aryl methyl sites for hydroxylation is 2. The Morgan fingerprint density at radius 1 is 1.45 bits per heavy atom. The SMILES string of the molecule is Cc1cc(SCCCCC(C)(CO)NC(C)C)n(C)n1. The van der Waals surface area contributed by atoms with Crippen molar-refractivity contribution in [3.8, 4) is 0 Å². The maximum Gasteiger partial charge on any atom is 0.0939 e. The first-order chi connectivity index (χ1) is 9.36. The second kappa shape index (κ2) is 8.05. The number of rotatable bonds is 9. The Labute approximate surface area is 127 Å². The molecule has 1 aromatic heterocycles. The summed E-state index contributed by atoms with van der Waals surface area (Å²) in [4.78, 5) is 0. The van der Waals surface area contributed by atoms with E-state index in [1.165, 1.54) is 5.03 Å². The third-order valence-electron chi connectivity index (χ3n) is 3.32. The Balaban J connectivity index is 2.25. The Bertz CT molecular complexity index is 406. The molecule has 1 aromatic rings. The monoisotopic (exact) mass is 299 g/mol. The van der Waals surface area contributed by atoms with E-state index >= 15 is 0 Å². The standard InChI is InChI=1S/C15H29N3OS/c1-12(2)16-15(4,11-19)8-6-7-9-20-14-10-13(3)17-18(14)5/h10,12,16,19H,6-9,11H2,1-5H3. The van der Waals surface area contributed by atoms with Crippen molar-refractivity contribution in [1.82, 2.24) is 15.1 Å². The Morgan fingerprint density at radius 2 is 2.15 bits per heavy atom. The fraction of sp³-hybridized carbons (Fsp3) is 0.800. The molecule has 0 radical (unpaired) electrons. The van der Waals surface area contributed by atoms with Crippen LogP contribution in [0.2, 0.25) is 0 Å². The quantitative estimate of drug-likeness (QED) is 0.544. The zero-order valence-corrected chi connectivity index (χ0v) is 14.3. The number of aliphatic hydroxyl groups excluding tert-OH is 1. The van der Waals surface area contributed by atoms with Crippen LogP contribution < -0.4 is 5.32 Å². The summed E-state index contributed by atoms with van der Waals surface area (Å²) in [5.41, 5.74) is 0.922. The van der Waals surface area contributed by atoms with E-state index in [2.05, 4.69) is 37.3 Å². The van der Waals surface area contributed by atoms with Gasteiger partial charge in [-0.25, -0.2) is 0 Å². The molecule has 0 aliphatic rings. The normalized spacial score (nSPS) is 14.8. The van der Waals surface area contributed by atoms with Gasteiger partial charge in [0, 0.05) is 18.6 Å². The number of aromatic nitrogens is 2. The minimum absolute atomic E-state index is 0.151. The molecule has 4 nitrogen and oxygen atoms in total. The van der Waals surface area contributed by atoms with Crippen molar-refractivity contribution >= 4 is 11.8 Å². The summed E-state index contributed by atoms with van der Waals surface area (Å²) in [6.07, 6.45) is 3.29. The largest absolute Gasteiger partial charge is 0.394 e. The van der Waals surface area contributed by atoms with E-state index in [1.54, 1.807) is 0 Å². The number of unbranched alkanes of at least 4 members (excludes halogenated alkanes) is 1. The van der Waals surface area contributed by atoms with Crippen molar-refractivity contribution < 1.29 is 5.11 Å². The van der Waals surface area contributed by atoms with E-state index < -0.39 is 0 Å². The van der Waals surface area contributed by atoms with Crippen LogP contribution in [0.4, 0.5) is 0 Å². The van der Waals surface area contributed by atoms with Crippen LogP contribution in [0.1, 0.15) is 45.7 Å². The van der Waals surface area contributed by atoms with Crippen molar-refractivity contribution in [1.29, 1.82) is 0 Å². The number of thioether (sulfide) groups is 1. The van der Waals surface area contributed by atoms with Gasteiger partial charge in [0.25, 0.3) is 0 Å². The molecule has 20 heavy (non-hydrogen) atoms. The average Bonchev–Trinajstić information content (AvgIpc) is 2.66. The lowest BCUT2D eigenvalue weighted by atomic mass is 9.95. The molecule has 1 rings (SSSR count). The van der Waals surface area contributed by atoms with E-state index in [-0.39, 0.29) is 12.1 Å². The highest BCUT2D eigenvalue weighted by atomic mass is 32.2. The molecule has 0 amide bonds. The molecule has 0 aromatic carbocycles. The van der Waals surface area contributed by atoms with Crippen LogP contribution in [-0.2, 0) is 7.05 Å². The predicted molar refractivity (Wildman–Crippen MR) is 86.3 cm³/mol. The highest BCUT2D eigenvalue weighted by Crippen LogP contribution is 2.21. The summed E-state index contributed by atoms with van der Waals surface area (Å²) in [5.74, 6) is 1.10. The molecule has 1 atom stereocenters. The number of nitrogens with one attached hydrogen (secondary N) is 1. The minimum atomic E-state index is -0.151. The second-order valence-electron chi connectivity index (χ2n) is 6.07. The maximum atomic E-state index is 9.53. The van der Waals surface area contributed by atoms with Crippen molar-refractivity contribution in [3.63, 3.8) is 0 Å². The van der Waals surface area contributed by atoms with E-state index in [0.29, 0.717) is 6.04 Å². The summed E-state index contributed by atoms with van der Waals surface area (Å²) < 4.78 is 1.94. The average molecular weight is 299 g/mol. The summed E-state index contributed by atoms with van der Waals surface area (Å²) >= 11 is 1.86. The molecular weight excluding hydrogens is 270 g/mol. The molecule has 0 bridgehead atoms. The van der Waals surface area contributed by atoms with Crippen molar-refractivity contribution in [2.45, 2.75) is 63.6 Å². The van der Waals surface area contributed by atoms with Gasteiger partial charge in [0.2, 0.25) is 0 Å². The summed E-state index contributed by atoms with van der Waals surface area (Å²) in [5, 5.41) is 18.6. The van der Waals surface area contributed by atoms with Crippen molar-refractivity contribution in [2.24, 2.45) is 7.05 Å². The van der Waals surface area contributed by atoms with Gasteiger partial charge in [-0.3, -0.25) is 4.68 Å². The van der Waals surface area contributed by atoms with Gasteiger partial charge in [0.05, 0.1) is 17.3 Å². The van der Waals surface area contributed by atoms with Crippen LogP contribution in [0.5, 0.6) is 0 Å². The number of hydrogen-bond donors (Lipinski definition) is 2. The third kappa shape index (κ3) is 5.85. The summed E-state index contributed by atoms with van der Waals surface area (Å²) in [6, 6.07) is 2.53. The van der Waals surface area contributed by atoms with Gasteiger partial charge in [-0.15, -0.1) is 11.8 Å². The van der Waals surface area contributed by atoms with Gasteiger partial charge >= 0.3 is 0 Å². The number of aliphatic hydroxyl groups is 1. The lowest BCUT2D eigenvalue weighted by molar-refractivity contribution is 0.154. The highest BCUT2D eigenvalue weighted by molar-refractivity contribution is 7.99. The van der Waals surface area contributed by atoms with Gasteiger partial charge in [-0.1, -0.05) is 20.3 Å². The van der Waals surface area contributed by atoms with E-state index in [4.69, 9.17) is 0 Å². The van der Waals surface area contributed by atoms with Crippen LogP contribution in [0.25, 0.3) is 0 Å². The Morgan fingerprint density at radius 3 is 2.65 bits per heavy atom. The summed E-state index contributed by atoms with van der Waals surface area (Å²) in [7, 11) is 1.99. The van der Waals surface area contributed by atoms with E-state index in [9.17, 15) is 5.11 Å². The fourth-order valence-electron chi connectivity index (χ4n) is 2.41. The van der Waals surface area contributed by atoms with Gasteiger partial charge in [-0.05, 0) is 38.5 Å². The molecule has 0 aliphatic carbocycles. The molecule has 0 saturated carbocycles. The minimum Gasteiger partial charge on any atom is -0.394 e. The van der Waals surface area contributed by atoms with Gasteiger partial charge in [0.1, 0.15) is 0 Å². The Hall–Kier alpha value is -0.520. The Kier molecular flexibility index (Phi) is 7.06. The topological polar surface area (TPSA) is 50.1 Å². The van der Waals surface area contributed by atoms with Crippen molar-refractivity contribution in [3.05, 3.63) is 11.8 Å². The molecule has 0 saturated heterocycles. The first kappa shape index (κ1) is 17.5. The van der Waals surface area contributed by atoms with E-state index in [1.807, 2.05) is 30.4 Å². The van der Waals surface area contributed by atoms with Gasteiger partial charge < -0.3 is 10.4 Å². The predicted octanol–water partition coefficient (Wildman–Crippen LogP) is 2.74. The molecule has 2 N–H and O–H groups in total. The fourth-order valence-corrected chi connectivity index (χ4v) is 3.45. The third-order valence-corrected chi connectivity index (χ3v) is 4.49. The molecule has 5 heteroatoms. The molecule has 1 unspecified atom stereocenters. The zero-order valence-electron chi connectivity index (χ0n) is 13.4.